The first kappa shape index (κ1) is 14.3. The highest BCUT2D eigenvalue weighted by molar-refractivity contribution is 5.65. The summed E-state index contributed by atoms with van der Waals surface area (Å²) < 4.78 is 51.8. The Morgan fingerprint density at radius 3 is 2.35 bits per heavy atom. The lowest BCUT2D eigenvalue weighted by atomic mass is 10.1. The van der Waals surface area contributed by atoms with Crippen LogP contribution in [-0.4, -0.2) is 19.1 Å². The lowest BCUT2D eigenvalue weighted by Gasteiger charge is -2.14. The van der Waals surface area contributed by atoms with Gasteiger partial charge in [0.1, 0.15) is 5.82 Å². The lowest BCUT2D eigenvalue weighted by molar-refractivity contribution is -0.137. The van der Waals surface area contributed by atoms with Gasteiger partial charge in [-0.3, -0.25) is 4.98 Å². The van der Waals surface area contributed by atoms with E-state index in [1.54, 1.807) is 31.1 Å². The molecule has 0 saturated heterocycles. The molecule has 0 fully saturated rings. The topological polar surface area (TPSA) is 16.1 Å². The molecule has 0 aliphatic heterocycles. The van der Waals surface area contributed by atoms with E-state index in [0.717, 1.165) is 17.8 Å². The van der Waals surface area contributed by atoms with Crippen LogP contribution in [0.1, 0.15) is 5.56 Å². The van der Waals surface area contributed by atoms with Crippen molar-refractivity contribution in [3.63, 3.8) is 0 Å². The SMILES string of the molecule is CN(C)c1ccnc(-c2cc(C(F)(F)F)ccc2F)c1. The Morgan fingerprint density at radius 1 is 1.05 bits per heavy atom. The number of alkyl halides is 3. The van der Waals surface area contributed by atoms with Gasteiger partial charge in [-0.05, 0) is 30.3 Å². The highest BCUT2D eigenvalue weighted by Gasteiger charge is 2.31. The predicted molar refractivity (Wildman–Crippen MR) is 69.0 cm³/mol. The zero-order chi connectivity index (χ0) is 14.9. The van der Waals surface area contributed by atoms with E-state index in [2.05, 4.69) is 4.98 Å². The van der Waals surface area contributed by atoms with E-state index in [9.17, 15) is 17.6 Å². The number of rotatable bonds is 2. The lowest BCUT2D eigenvalue weighted by Crippen LogP contribution is -2.09. The van der Waals surface area contributed by atoms with Gasteiger partial charge in [0.25, 0.3) is 0 Å². The van der Waals surface area contributed by atoms with Crippen molar-refractivity contribution < 1.29 is 17.6 Å². The molecule has 2 rings (SSSR count). The number of hydrogen-bond donors (Lipinski definition) is 0. The number of pyridine rings is 1. The Balaban J connectivity index is 2.54. The van der Waals surface area contributed by atoms with Crippen molar-refractivity contribution in [2.45, 2.75) is 6.18 Å². The summed E-state index contributed by atoms with van der Waals surface area (Å²) in [5.41, 5.74) is -0.166. The third kappa shape index (κ3) is 2.89. The summed E-state index contributed by atoms with van der Waals surface area (Å²) in [5.74, 6) is -0.735. The molecule has 20 heavy (non-hydrogen) atoms. The Morgan fingerprint density at radius 2 is 1.75 bits per heavy atom. The van der Waals surface area contributed by atoms with E-state index in [0.29, 0.717) is 6.07 Å². The van der Waals surface area contributed by atoms with E-state index < -0.39 is 17.6 Å². The molecule has 0 radical (unpaired) electrons. The molecule has 0 aliphatic rings. The normalized spacial score (nSPS) is 11.5. The van der Waals surface area contributed by atoms with Crippen LogP contribution in [-0.2, 0) is 6.18 Å². The second-order valence-electron chi connectivity index (χ2n) is 4.49. The van der Waals surface area contributed by atoms with Gasteiger partial charge in [0, 0.05) is 31.5 Å². The minimum absolute atomic E-state index is 0.163. The molecule has 0 aliphatic carbocycles. The standard InChI is InChI=1S/C14H12F4N2/c1-20(2)10-5-6-19-13(8-10)11-7-9(14(16,17)18)3-4-12(11)15/h3-8H,1-2H3. The maximum atomic E-state index is 13.8. The summed E-state index contributed by atoms with van der Waals surface area (Å²) in [7, 11) is 3.56. The van der Waals surface area contributed by atoms with Crippen molar-refractivity contribution in [1.29, 1.82) is 0 Å². The van der Waals surface area contributed by atoms with Gasteiger partial charge in [-0.2, -0.15) is 13.2 Å². The number of halogens is 4. The zero-order valence-corrected chi connectivity index (χ0v) is 10.9. The van der Waals surface area contributed by atoms with Crippen molar-refractivity contribution in [2.75, 3.05) is 19.0 Å². The summed E-state index contributed by atoms with van der Waals surface area (Å²) in [6.07, 6.45) is -3.08. The Kier molecular flexibility index (Phi) is 3.65. The first-order valence-electron chi connectivity index (χ1n) is 5.79. The van der Waals surface area contributed by atoms with Crippen LogP contribution in [0.2, 0.25) is 0 Å². The maximum Gasteiger partial charge on any atom is 0.416 e. The molecule has 2 aromatic rings. The van der Waals surface area contributed by atoms with Crippen molar-refractivity contribution in [3.05, 3.63) is 47.9 Å². The van der Waals surface area contributed by atoms with Gasteiger partial charge in [0.2, 0.25) is 0 Å². The fourth-order valence-corrected chi connectivity index (χ4v) is 1.74. The first-order valence-corrected chi connectivity index (χ1v) is 5.79. The largest absolute Gasteiger partial charge is 0.416 e. The minimum atomic E-state index is -4.51. The smallest absolute Gasteiger partial charge is 0.378 e. The molecule has 0 saturated carbocycles. The average molecular weight is 284 g/mol. The maximum absolute atomic E-state index is 13.8. The molecular formula is C14H12F4N2. The van der Waals surface area contributed by atoms with Gasteiger partial charge >= 0.3 is 6.18 Å². The van der Waals surface area contributed by atoms with Crippen LogP contribution >= 0.6 is 0 Å². The molecule has 6 heteroatoms. The zero-order valence-electron chi connectivity index (χ0n) is 10.9. The third-order valence-corrected chi connectivity index (χ3v) is 2.83. The monoisotopic (exact) mass is 284 g/mol. The summed E-state index contributed by atoms with van der Waals surface area (Å²) >= 11 is 0. The Bertz CT molecular complexity index is 621. The minimum Gasteiger partial charge on any atom is -0.378 e. The fourth-order valence-electron chi connectivity index (χ4n) is 1.74. The highest BCUT2D eigenvalue weighted by atomic mass is 19.4. The second-order valence-corrected chi connectivity index (χ2v) is 4.49. The van der Waals surface area contributed by atoms with Gasteiger partial charge in [0.15, 0.2) is 0 Å². The van der Waals surface area contributed by atoms with Crippen LogP contribution in [0.4, 0.5) is 23.2 Å². The molecule has 0 bridgehead atoms. The van der Waals surface area contributed by atoms with Crippen LogP contribution in [0, 0.1) is 5.82 Å². The summed E-state index contributed by atoms with van der Waals surface area (Å²) in [4.78, 5) is 5.70. The van der Waals surface area contributed by atoms with Crippen molar-refractivity contribution in [2.24, 2.45) is 0 Å². The predicted octanol–water partition coefficient (Wildman–Crippen LogP) is 3.97. The van der Waals surface area contributed by atoms with Gasteiger partial charge in [-0.1, -0.05) is 0 Å². The van der Waals surface area contributed by atoms with Gasteiger partial charge in [-0.25, -0.2) is 4.39 Å². The van der Waals surface area contributed by atoms with E-state index in [1.807, 2.05) is 0 Å². The molecule has 2 nitrogen and oxygen atoms in total. The average Bonchev–Trinajstić information content (AvgIpc) is 2.38. The molecule has 0 unspecified atom stereocenters. The molecule has 0 atom stereocenters. The number of anilines is 1. The number of aromatic nitrogens is 1. The number of benzene rings is 1. The quantitative estimate of drug-likeness (QED) is 0.776. The summed E-state index contributed by atoms with van der Waals surface area (Å²) in [5, 5.41) is 0. The van der Waals surface area contributed by atoms with Crippen LogP contribution in [0.5, 0.6) is 0 Å². The molecule has 1 aromatic carbocycles. The molecule has 1 aromatic heterocycles. The fraction of sp³-hybridized carbons (Fsp3) is 0.214. The van der Waals surface area contributed by atoms with Crippen molar-refractivity contribution in [3.8, 4) is 11.3 Å². The Labute approximate surface area is 113 Å². The molecule has 106 valence electrons. The molecule has 0 amide bonds. The van der Waals surface area contributed by atoms with E-state index in [4.69, 9.17) is 0 Å². The van der Waals surface area contributed by atoms with Crippen LogP contribution in [0.15, 0.2) is 36.5 Å². The van der Waals surface area contributed by atoms with Crippen LogP contribution in [0.25, 0.3) is 11.3 Å². The van der Waals surface area contributed by atoms with E-state index in [-0.39, 0.29) is 11.3 Å². The third-order valence-electron chi connectivity index (χ3n) is 2.83. The first-order chi connectivity index (χ1) is 9.29. The molecule has 0 N–H and O–H groups in total. The summed E-state index contributed by atoms with van der Waals surface area (Å²) in [6.45, 7) is 0. The van der Waals surface area contributed by atoms with E-state index in [1.165, 1.54) is 6.20 Å². The van der Waals surface area contributed by atoms with Crippen molar-refractivity contribution in [1.82, 2.24) is 4.98 Å². The van der Waals surface area contributed by atoms with Gasteiger partial charge < -0.3 is 4.90 Å². The van der Waals surface area contributed by atoms with Crippen molar-refractivity contribution >= 4 is 5.69 Å². The Hall–Kier alpha value is -2.11. The van der Waals surface area contributed by atoms with Crippen LogP contribution in [0.3, 0.4) is 0 Å². The van der Waals surface area contributed by atoms with Gasteiger partial charge in [-0.15, -0.1) is 0 Å². The molecule has 1 heterocycles. The molecule has 0 spiro atoms. The number of hydrogen-bond acceptors (Lipinski definition) is 2. The highest BCUT2D eigenvalue weighted by Crippen LogP contribution is 2.33. The van der Waals surface area contributed by atoms with Gasteiger partial charge in [0.05, 0.1) is 11.3 Å². The van der Waals surface area contributed by atoms with E-state index >= 15 is 0 Å². The summed E-state index contributed by atoms with van der Waals surface area (Å²) in [6, 6.07) is 5.53. The second kappa shape index (κ2) is 5.11. The number of nitrogens with zero attached hydrogens (tertiary/aromatic N) is 2. The molecular weight excluding hydrogens is 272 g/mol. The van der Waals surface area contributed by atoms with Crippen LogP contribution < -0.4 is 4.90 Å².